The van der Waals surface area contributed by atoms with Gasteiger partial charge in [-0.3, -0.25) is 4.98 Å². The van der Waals surface area contributed by atoms with Crippen molar-refractivity contribution in [3.63, 3.8) is 0 Å². The lowest BCUT2D eigenvalue weighted by Gasteiger charge is -2.01. The first kappa shape index (κ1) is 10.6. The molecule has 0 amide bonds. The number of ether oxygens (including phenoxy) is 1. The number of halogens is 2. The predicted molar refractivity (Wildman–Crippen MR) is 54.0 cm³/mol. The van der Waals surface area contributed by atoms with Gasteiger partial charge in [-0.1, -0.05) is 31.9 Å². The van der Waals surface area contributed by atoms with Gasteiger partial charge in [-0.25, -0.2) is 9.78 Å². The molecule has 0 saturated carbocycles. The molecule has 0 bridgehead atoms. The van der Waals surface area contributed by atoms with E-state index in [4.69, 9.17) is 0 Å². The summed E-state index contributed by atoms with van der Waals surface area (Å²) in [6, 6.07) is 0. The fraction of sp³-hybridized carbons (Fsp3) is 0.286. The largest absolute Gasteiger partial charge is 0.464 e. The van der Waals surface area contributed by atoms with Gasteiger partial charge in [0.2, 0.25) is 0 Å². The van der Waals surface area contributed by atoms with Crippen molar-refractivity contribution in [2.45, 2.75) is 3.74 Å². The third-order valence-electron chi connectivity index (χ3n) is 1.29. The highest BCUT2D eigenvalue weighted by Crippen LogP contribution is 2.26. The van der Waals surface area contributed by atoms with E-state index >= 15 is 0 Å². The van der Waals surface area contributed by atoms with Crippen molar-refractivity contribution < 1.29 is 9.53 Å². The fourth-order valence-electron chi connectivity index (χ4n) is 0.661. The second kappa shape index (κ2) is 4.66. The molecule has 0 radical (unpaired) electrons. The molecule has 0 atom stereocenters. The van der Waals surface area contributed by atoms with Crippen LogP contribution in [0.4, 0.5) is 0 Å². The smallest absolute Gasteiger partial charge is 0.358 e. The van der Waals surface area contributed by atoms with Crippen LogP contribution in [0.5, 0.6) is 0 Å². The van der Waals surface area contributed by atoms with Crippen LogP contribution >= 0.6 is 31.9 Å². The molecule has 0 aliphatic heterocycles. The molecule has 1 aromatic heterocycles. The molecule has 1 aromatic rings. The number of carbonyl (C=O) groups is 1. The number of nitrogens with zero attached hydrogens (tertiary/aromatic N) is 2. The van der Waals surface area contributed by atoms with Gasteiger partial charge in [0, 0.05) is 0 Å². The molecular formula is C7H6Br2N2O2. The van der Waals surface area contributed by atoms with Gasteiger partial charge in [0.25, 0.3) is 0 Å². The summed E-state index contributed by atoms with van der Waals surface area (Å²) in [5, 5.41) is 0. The zero-order valence-corrected chi connectivity index (χ0v) is 9.87. The molecular weight excluding hydrogens is 304 g/mol. The molecule has 0 fully saturated rings. The second-order valence-electron chi connectivity index (χ2n) is 2.12. The maximum absolute atomic E-state index is 10.9. The van der Waals surface area contributed by atoms with Gasteiger partial charge in [-0.2, -0.15) is 0 Å². The monoisotopic (exact) mass is 308 g/mol. The van der Waals surface area contributed by atoms with Gasteiger partial charge in [-0.05, 0) is 0 Å². The number of hydrogen-bond acceptors (Lipinski definition) is 4. The highest BCUT2D eigenvalue weighted by molar-refractivity contribution is 9.24. The average Bonchev–Trinajstić information content (AvgIpc) is 2.17. The van der Waals surface area contributed by atoms with Crippen molar-refractivity contribution in [1.29, 1.82) is 0 Å². The first-order valence-electron chi connectivity index (χ1n) is 3.33. The lowest BCUT2D eigenvalue weighted by molar-refractivity contribution is 0.0593. The molecule has 0 aliphatic rings. The maximum atomic E-state index is 10.9. The van der Waals surface area contributed by atoms with Crippen LogP contribution < -0.4 is 0 Å². The Balaban J connectivity index is 2.87. The minimum Gasteiger partial charge on any atom is -0.464 e. The number of hydrogen-bond donors (Lipinski definition) is 0. The number of carbonyl (C=O) groups excluding carboxylic acids is 1. The average molecular weight is 310 g/mol. The Kier molecular flexibility index (Phi) is 3.80. The first-order chi connectivity index (χ1) is 6.15. The standard InChI is InChI=1S/C7H6Br2N2O2/c1-13-7(12)5-3-10-4(2-11-5)6(8)9/h2-3,6H,1H3. The van der Waals surface area contributed by atoms with Crippen LogP contribution in [0.25, 0.3) is 0 Å². The predicted octanol–water partition coefficient (Wildman–Crippen LogP) is 2.05. The molecule has 70 valence electrons. The van der Waals surface area contributed by atoms with E-state index in [2.05, 4.69) is 46.6 Å². The molecule has 0 saturated heterocycles. The summed E-state index contributed by atoms with van der Waals surface area (Å²) in [6.07, 6.45) is 2.87. The molecule has 0 spiro atoms. The molecule has 13 heavy (non-hydrogen) atoms. The van der Waals surface area contributed by atoms with Crippen LogP contribution in [-0.4, -0.2) is 23.0 Å². The van der Waals surface area contributed by atoms with Crippen LogP contribution in [0.3, 0.4) is 0 Å². The normalized spacial score (nSPS) is 10.2. The second-order valence-corrected chi connectivity index (χ2v) is 5.18. The zero-order valence-electron chi connectivity index (χ0n) is 6.70. The lowest BCUT2D eigenvalue weighted by atomic mass is 10.4. The van der Waals surface area contributed by atoms with Crippen LogP contribution in [-0.2, 0) is 4.74 Å². The molecule has 1 heterocycles. The van der Waals surface area contributed by atoms with Gasteiger partial charge < -0.3 is 4.74 Å². The van der Waals surface area contributed by atoms with E-state index in [1.807, 2.05) is 0 Å². The van der Waals surface area contributed by atoms with E-state index in [0.29, 0.717) is 5.69 Å². The van der Waals surface area contributed by atoms with E-state index in [1.54, 1.807) is 0 Å². The van der Waals surface area contributed by atoms with Gasteiger partial charge in [0.15, 0.2) is 5.69 Å². The van der Waals surface area contributed by atoms with E-state index < -0.39 is 5.97 Å². The minimum absolute atomic E-state index is 0.0563. The summed E-state index contributed by atoms with van der Waals surface area (Å²) < 4.78 is 4.42. The minimum atomic E-state index is -0.486. The molecule has 4 nitrogen and oxygen atoms in total. The Morgan fingerprint density at radius 1 is 1.46 bits per heavy atom. The summed E-state index contributed by atoms with van der Waals surface area (Å²) >= 11 is 6.52. The van der Waals surface area contributed by atoms with E-state index in [9.17, 15) is 4.79 Å². The van der Waals surface area contributed by atoms with E-state index in [-0.39, 0.29) is 9.43 Å². The molecule has 0 aromatic carbocycles. The maximum Gasteiger partial charge on any atom is 0.358 e. The van der Waals surface area contributed by atoms with Crippen LogP contribution in [0.1, 0.15) is 19.9 Å². The Morgan fingerprint density at radius 2 is 2.15 bits per heavy atom. The van der Waals surface area contributed by atoms with Gasteiger partial charge in [0.1, 0.15) is 3.74 Å². The van der Waals surface area contributed by atoms with Gasteiger partial charge in [-0.15, -0.1) is 0 Å². The van der Waals surface area contributed by atoms with Crippen molar-refractivity contribution in [1.82, 2.24) is 9.97 Å². The summed E-state index contributed by atoms with van der Waals surface area (Å²) in [5.41, 5.74) is 0.902. The lowest BCUT2D eigenvalue weighted by Crippen LogP contribution is -2.05. The Morgan fingerprint density at radius 3 is 2.54 bits per heavy atom. The third-order valence-corrected chi connectivity index (χ3v) is 2.23. The molecule has 1 rings (SSSR count). The number of methoxy groups -OCH3 is 1. The summed E-state index contributed by atoms with van der Waals surface area (Å²) in [7, 11) is 1.30. The molecule has 0 unspecified atom stereocenters. The fourth-order valence-corrected chi connectivity index (χ4v) is 1.13. The third kappa shape index (κ3) is 2.73. The van der Waals surface area contributed by atoms with Crippen LogP contribution in [0.2, 0.25) is 0 Å². The van der Waals surface area contributed by atoms with Crippen LogP contribution in [0, 0.1) is 0 Å². The Bertz CT molecular complexity index is 300. The highest BCUT2D eigenvalue weighted by Gasteiger charge is 2.09. The zero-order chi connectivity index (χ0) is 9.84. The number of aromatic nitrogens is 2. The van der Waals surface area contributed by atoms with Crippen molar-refractivity contribution in [3.05, 3.63) is 23.8 Å². The summed E-state index contributed by atoms with van der Waals surface area (Å²) in [5.74, 6) is -0.486. The van der Waals surface area contributed by atoms with Gasteiger partial charge >= 0.3 is 5.97 Å². The summed E-state index contributed by atoms with van der Waals surface area (Å²) in [6.45, 7) is 0. The molecule has 0 aliphatic carbocycles. The molecule has 6 heteroatoms. The number of alkyl halides is 2. The Labute approximate surface area is 92.0 Å². The SMILES string of the molecule is COC(=O)c1cnc(C(Br)Br)cn1. The van der Waals surface area contributed by atoms with E-state index in [1.165, 1.54) is 19.5 Å². The van der Waals surface area contributed by atoms with Crippen molar-refractivity contribution in [2.24, 2.45) is 0 Å². The topological polar surface area (TPSA) is 52.1 Å². The quantitative estimate of drug-likeness (QED) is 0.620. The van der Waals surface area contributed by atoms with Crippen molar-refractivity contribution in [3.8, 4) is 0 Å². The highest BCUT2D eigenvalue weighted by atomic mass is 79.9. The first-order valence-corrected chi connectivity index (χ1v) is 5.16. The molecule has 0 N–H and O–H groups in total. The summed E-state index contributed by atoms with van der Waals surface area (Å²) in [4.78, 5) is 18.8. The van der Waals surface area contributed by atoms with Crippen molar-refractivity contribution in [2.75, 3.05) is 7.11 Å². The van der Waals surface area contributed by atoms with Crippen LogP contribution in [0.15, 0.2) is 12.4 Å². The van der Waals surface area contributed by atoms with Gasteiger partial charge in [0.05, 0.1) is 25.2 Å². The number of rotatable bonds is 2. The van der Waals surface area contributed by atoms with E-state index in [0.717, 1.165) is 0 Å². The number of esters is 1. The Hall–Kier alpha value is -0.490. The van der Waals surface area contributed by atoms with Crippen molar-refractivity contribution >= 4 is 37.8 Å².